The Hall–Kier alpha value is -0.330. The molecular weight excluding hydrogens is 297 g/mol. The minimum atomic E-state index is -3.66. The van der Waals surface area contributed by atoms with Gasteiger partial charge in [-0.15, -0.1) is 0 Å². The number of aliphatic hydroxyl groups excluding tert-OH is 1. The Kier molecular flexibility index (Phi) is 5.88. The first-order valence-corrected chi connectivity index (χ1v) is 7.69. The quantitative estimate of drug-likeness (QED) is 0.793. The molecule has 0 heterocycles. The van der Waals surface area contributed by atoms with E-state index in [0.717, 1.165) is 0 Å². The van der Waals surface area contributed by atoms with Crippen LogP contribution in [0.2, 0.25) is 10.0 Å². The molecule has 4 nitrogen and oxygen atoms in total. The monoisotopic (exact) mass is 311 g/mol. The highest BCUT2D eigenvalue weighted by Crippen LogP contribution is 2.24. The largest absolute Gasteiger partial charge is 0.393 e. The predicted octanol–water partition coefficient (Wildman–Crippen LogP) is 2.43. The minimum absolute atomic E-state index is 0.0336. The number of benzene rings is 1. The molecule has 0 aliphatic rings. The van der Waals surface area contributed by atoms with E-state index in [4.69, 9.17) is 28.3 Å². The highest BCUT2D eigenvalue weighted by Gasteiger charge is 2.17. The number of nitrogens with one attached hydrogen (secondary N) is 1. The summed E-state index contributed by atoms with van der Waals surface area (Å²) in [7, 11) is -3.66. The van der Waals surface area contributed by atoms with Crippen LogP contribution in [0.3, 0.4) is 0 Å². The molecule has 0 amide bonds. The lowest BCUT2D eigenvalue weighted by Crippen LogP contribution is -2.25. The molecule has 0 radical (unpaired) electrons. The van der Waals surface area contributed by atoms with Crippen LogP contribution in [0, 0.1) is 0 Å². The third-order valence-electron chi connectivity index (χ3n) is 2.27. The fraction of sp³-hybridized carbons (Fsp3) is 0.455. The summed E-state index contributed by atoms with van der Waals surface area (Å²) in [4.78, 5) is -0.0336. The Labute approximate surface area is 117 Å². The second-order valence-electron chi connectivity index (χ2n) is 3.96. The lowest BCUT2D eigenvalue weighted by atomic mass is 10.2. The molecule has 1 unspecified atom stereocenters. The van der Waals surface area contributed by atoms with Gasteiger partial charge in [0.2, 0.25) is 10.0 Å². The molecule has 1 rings (SSSR count). The Balaban J connectivity index is 2.71. The van der Waals surface area contributed by atoms with E-state index < -0.39 is 16.1 Å². The van der Waals surface area contributed by atoms with Crippen LogP contribution in [0.1, 0.15) is 19.8 Å². The predicted molar refractivity (Wildman–Crippen MR) is 72.6 cm³/mol. The normalized spacial score (nSPS) is 13.6. The van der Waals surface area contributed by atoms with Crippen molar-refractivity contribution in [3.8, 4) is 0 Å². The van der Waals surface area contributed by atoms with Crippen molar-refractivity contribution in [3.05, 3.63) is 28.2 Å². The van der Waals surface area contributed by atoms with Crippen molar-refractivity contribution in [1.82, 2.24) is 4.72 Å². The van der Waals surface area contributed by atoms with Crippen molar-refractivity contribution < 1.29 is 13.5 Å². The molecule has 1 aromatic carbocycles. The second-order valence-corrected chi connectivity index (χ2v) is 6.54. The molecular formula is C11H15Cl2NO3S. The average Bonchev–Trinajstić information content (AvgIpc) is 2.27. The maximum atomic E-state index is 11.9. The zero-order chi connectivity index (χ0) is 13.8. The van der Waals surface area contributed by atoms with Gasteiger partial charge in [0.25, 0.3) is 0 Å². The van der Waals surface area contributed by atoms with Crippen molar-refractivity contribution in [2.45, 2.75) is 30.8 Å². The summed E-state index contributed by atoms with van der Waals surface area (Å²) in [6.07, 6.45) is 0.644. The van der Waals surface area contributed by atoms with Gasteiger partial charge in [-0.05, 0) is 38.0 Å². The number of aliphatic hydroxyl groups is 1. The van der Waals surface area contributed by atoms with Gasteiger partial charge in [0.05, 0.1) is 11.1 Å². The van der Waals surface area contributed by atoms with E-state index in [-0.39, 0.29) is 16.5 Å². The van der Waals surface area contributed by atoms with Gasteiger partial charge >= 0.3 is 0 Å². The molecule has 0 aliphatic heterocycles. The van der Waals surface area contributed by atoms with Crippen LogP contribution in [0.5, 0.6) is 0 Å². The molecule has 0 fully saturated rings. The summed E-state index contributed by atoms with van der Waals surface area (Å²) in [5.74, 6) is 0. The third-order valence-corrected chi connectivity index (χ3v) is 4.45. The highest BCUT2D eigenvalue weighted by molar-refractivity contribution is 7.89. The maximum Gasteiger partial charge on any atom is 0.242 e. The van der Waals surface area contributed by atoms with E-state index >= 15 is 0 Å². The zero-order valence-electron chi connectivity index (χ0n) is 9.86. The Morgan fingerprint density at radius 3 is 2.67 bits per heavy atom. The standard InChI is InChI=1S/C11H15Cl2NO3S/c1-8(15)3-2-6-14-18(16,17)11-7-9(12)4-5-10(11)13/h4-5,7-8,14-15H,2-3,6H2,1H3. The SMILES string of the molecule is CC(O)CCCNS(=O)(=O)c1cc(Cl)ccc1Cl. The first kappa shape index (κ1) is 15.7. The molecule has 0 saturated heterocycles. The molecule has 18 heavy (non-hydrogen) atoms. The fourth-order valence-corrected chi connectivity index (χ4v) is 3.20. The lowest BCUT2D eigenvalue weighted by Gasteiger charge is -2.09. The smallest absolute Gasteiger partial charge is 0.242 e. The highest BCUT2D eigenvalue weighted by atomic mass is 35.5. The molecule has 0 bridgehead atoms. The van der Waals surface area contributed by atoms with Crippen molar-refractivity contribution in [2.75, 3.05) is 6.54 Å². The first-order chi connectivity index (χ1) is 8.33. The second kappa shape index (κ2) is 6.73. The Morgan fingerprint density at radius 2 is 2.06 bits per heavy atom. The van der Waals surface area contributed by atoms with Crippen LogP contribution < -0.4 is 4.72 Å². The Bertz CT molecular complexity index is 503. The number of halogens is 2. The van der Waals surface area contributed by atoms with E-state index in [1.54, 1.807) is 6.92 Å². The van der Waals surface area contributed by atoms with E-state index in [9.17, 15) is 8.42 Å². The van der Waals surface area contributed by atoms with E-state index in [0.29, 0.717) is 17.9 Å². The summed E-state index contributed by atoms with van der Waals surface area (Å²) in [5.41, 5.74) is 0. The number of sulfonamides is 1. The lowest BCUT2D eigenvalue weighted by molar-refractivity contribution is 0.182. The van der Waals surface area contributed by atoms with Gasteiger partial charge in [-0.1, -0.05) is 23.2 Å². The van der Waals surface area contributed by atoms with Crippen molar-refractivity contribution >= 4 is 33.2 Å². The number of hydrogen-bond acceptors (Lipinski definition) is 3. The van der Waals surface area contributed by atoms with E-state index in [1.165, 1.54) is 18.2 Å². The molecule has 2 N–H and O–H groups in total. The molecule has 0 spiro atoms. The molecule has 0 aliphatic carbocycles. The van der Waals surface area contributed by atoms with Gasteiger partial charge < -0.3 is 5.11 Å². The third kappa shape index (κ3) is 4.74. The van der Waals surface area contributed by atoms with Crippen molar-refractivity contribution in [2.24, 2.45) is 0 Å². The summed E-state index contributed by atoms with van der Waals surface area (Å²) < 4.78 is 26.3. The van der Waals surface area contributed by atoms with E-state index in [2.05, 4.69) is 4.72 Å². The molecule has 0 aromatic heterocycles. The van der Waals surface area contributed by atoms with Crippen molar-refractivity contribution in [1.29, 1.82) is 0 Å². The summed E-state index contributed by atoms with van der Waals surface area (Å²) >= 11 is 11.6. The number of rotatable bonds is 6. The van der Waals surface area contributed by atoms with Gasteiger partial charge in [-0.25, -0.2) is 13.1 Å². The van der Waals surface area contributed by atoms with Crippen LogP contribution in [-0.4, -0.2) is 26.2 Å². The molecule has 0 saturated carbocycles. The summed E-state index contributed by atoms with van der Waals surface area (Å²) in [5, 5.41) is 9.50. The average molecular weight is 312 g/mol. The summed E-state index contributed by atoms with van der Waals surface area (Å²) in [6, 6.07) is 4.27. The van der Waals surface area contributed by atoms with Crippen LogP contribution in [-0.2, 0) is 10.0 Å². The molecule has 1 atom stereocenters. The van der Waals surface area contributed by atoms with Crippen LogP contribution in [0.15, 0.2) is 23.1 Å². The number of hydrogen-bond donors (Lipinski definition) is 2. The van der Waals surface area contributed by atoms with Gasteiger partial charge in [0, 0.05) is 11.6 Å². The van der Waals surface area contributed by atoms with Gasteiger partial charge in [0.1, 0.15) is 4.90 Å². The molecule has 1 aromatic rings. The minimum Gasteiger partial charge on any atom is -0.393 e. The fourth-order valence-electron chi connectivity index (χ4n) is 1.36. The Morgan fingerprint density at radius 1 is 1.39 bits per heavy atom. The maximum absolute atomic E-state index is 11.9. The van der Waals surface area contributed by atoms with Crippen LogP contribution in [0.25, 0.3) is 0 Å². The molecule has 7 heteroatoms. The van der Waals surface area contributed by atoms with Gasteiger partial charge in [-0.3, -0.25) is 0 Å². The first-order valence-electron chi connectivity index (χ1n) is 5.45. The van der Waals surface area contributed by atoms with E-state index in [1.807, 2.05) is 0 Å². The summed E-state index contributed by atoms with van der Waals surface area (Å²) in [6.45, 7) is 1.90. The molecule has 102 valence electrons. The van der Waals surface area contributed by atoms with Crippen molar-refractivity contribution in [3.63, 3.8) is 0 Å². The van der Waals surface area contributed by atoms with Gasteiger partial charge in [0.15, 0.2) is 0 Å². The van der Waals surface area contributed by atoms with Crippen LogP contribution in [0.4, 0.5) is 0 Å². The topological polar surface area (TPSA) is 66.4 Å². The zero-order valence-corrected chi connectivity index (χ0v) is 12.2. The van der Waals surface area contributed by atoms with Crippen LogP contribution >= 0.6 is 23.2 Å². The van der Waals surface area contributed by atoms with Gasteiger partial charge in [-0.2, -0.15) is 0 Å².